The van der Waals surface area contributed by atoms with Crippen molar-refractivity contribution >= 4 is 17.6 Å². The molecule has 0 bridgehead atoms. The highest BCUT2D eigenvalue weighted by atomic mass is 16.3. The summed E-state index contributed by atoms with van der Waals surface area (Å²) in [6.45, 7) is 0. The second-order valence-corrected chi connectivity index (χ2v) is 3.36. The lowest BCUT2D eigenvalue weighted by Gasteiger charge is -2.01. The number of para-hydroxylation sites is 1. The maximum absolute atomic E-state index is 5.58. The summed E-state index contributed by atoms with van der Waals surface area (Å²) < 4.78 is 5.22. The quantitative estimate of drug-likeness (QED) is 0.525. The number of guanidine groups is 2. The fraction of sp³-hybridized carbons (Fsp3) is 0. The summed E-state index contributed by atoms with van der Waals surface area (Å²) in [4.78, 5) is 11.8. The van der Waals surface area contributed by atoms with Gasteiger partial charge in [-0.15, -0.1) is 0 Å². The average Bonchev–Trinajstić information content (AvgIpc) is 2.81. The molecule has 6 N–H and O–H groups in total. The van der Waals surface area contributed by atoms with Crippen LogP contribution in [0.2, 0.25) is 0 Å². The molecule has 0 amide bonds. The number of aromatic nitrogens is 1. The third-order valence-electron chi connectivity index (χ3n) is 2.05. The van der Waals surface area contributed by atoms with Crippen LogP contribution in [0.5, 0.6) is 0 Å². The van der Waals surface area contributed by atoms with Crippen molar-refractivity contribution in [3.63, 3.8) is 0 Å². The van der Waals surface area contributed by atoms with E-state index in [9.17, 15) is 0 Å². The van der Waals surface area contributed by atoms with Gasteiger partial charge >= 0.3 is 0 Å². The van der Waals surface area contributed by atoms with Gasteiger partial charge in [-0.25, -0.2) is 9.98 Å². The Morgan fingerprint density at radius 2 is 1.94 bits per heavy atom. The number of nitrogens with two attached hydrogens (primary N) is 3. The fourth-order valence-corrected chi connectivity index (χ4v) is 1.39. The van der Waals surface area contributed by atoms with Gasteiger partial charge in [0.2, 0.25) is 11.9 Å². The molecule has 0 radical (unpaired) electrons. The van der Waals surface area contributed by atoms with Gasteiger partial charge in [0.1, 0.15) is 6.26 Å². The molecule has 2 aromatic rings. The van der Waals surface area contributed by atoms with Gasteiger partial charge in [-0.3, -0.25) is 0 Å². The Morgan fingerprint density at radius 1 is 1.17 bits per heavy atom. The van der Waals surface area contributed by atoms with E-state index in [4.69, 9.17) is 21.6 Å². The van der Waals surface area contributed by atoms with Crippen LogP contribution < -0.4 is 17.2 Å². The summed E-state index contributed by atoms with van der Waals surface area (Å²) in [5.41, 5.74) is 17.3. The van der Waals surface area contributed by atoms with Crippen LogP contribution in [0.25, 0.3) is 11.5 Å². The fourth-order valence-electron chi connectivity index (χ4n) is 1.39. The smallest absolute Gasteiger partial charge is 0.228 e. The molecule has 0 aliphatic carbocycles. The summed E-state index contributed by atoms with van der Waals surface area (Å²) in [6.07, 6.45) is 3.03. The van der Waals surface area contributed by atoms with E-state index in [1.165, 1.54) is 6.26 Å². The average molecular weight is 244 g/mol. The molecule has 1 aromatic carbocycles. The summed E-state index contributed by atoms with van der Waals surface area (Å²) >= 11 is 0. The minimum atomic E-state index is -0.148. The lowest BCUT2D eigenvalue weighted by molar-refractivity contribution is 0.575. The van der Waals surface area contributed by atoms with Crippen LogP contribution in [-0.4, -0.2) is 16.9 Å². The molecule has 0 fully saturated rings. The van der Waals surface area contributed by atoms with Crippen molar-refractivity contribution in [3.8, 4) is 11.5 Å². The molecular weight excluding hydrogens is 232 g/mol. The molecule has 0 saturated carbocycles. The predicted molar refractivity (Wildman–Crippen MR) is 69.0 cm³/mol. The lowest BCUT2D eigenvalue weighted by Crippen LogP contribution is -2.26. The van der Waals surface area contributed by atoms with Gasteiger partial charge in [-0.05, 0) is 12.1 Å². The predicted octanol–water partition coefficient (Wildman–Crippen LogP) is 0.561. The van der Waals surface area contributed by atoms with Gasteiger partial charge < -0.3 is 21.6 Å². The summed E-state index contributed by atoms with van der Waals surface area (Å²) in [7, 11) is 0. The number of hydrogen-bond donors (Lipinski definition) is 3. The standard InChI is InChI=1S/C11H12N6O/c12-10(13)17-11(14)16-8-4-2-1-3-7(8)9-15-5-6-18-9/h1-6H,(H6,12,13,14,16,17). The molecule has 0 unspecified atom stereocenters. The maximum Gasteiger partial charge on any atom is 0.228 e. The number of aliphatic imine (C=N–C) groups is 2. The van der Waals surface area contributed by atoms with Crippen LogP contribution in [0, 0.1) is 0 Å². The topological polar surface area (TPSA) is 129 Å². The molecule has 0 aliphatic heterocycles. The normalized spacial score (nSPS) is 11.2. The Kier molecular flexibility index (Phi) is 3.24. The van der Waals surface area contributed by atoms with Gasteiger partial charge in [0.25, 0.3) is 0 Å². The minimum absolute atomic E-state index is 0.0333. The highest BCUT2D eigenvalue weighted by Crippen LogP contribution is 2.28. The van der Waals surface area contributed by atoms with E-state index in [1.54, 1.807) is 12.3 Å². The van der Waals surface area contributed by atoms with E-state index in [0.29, 0.717) is 17.1 Å². The van der Waals surface area contributed by atoms with Gasteiger partial charge in [-0.1, -0.05) is 12.1 Å². The Hall–Kier alpha value is -2.83. The van der Waals surface area contributed by atoms with Gasteiger partial charge in [0.05, 0.1) is 17.4 Å². The Balaban J connectivity index is 2.43. The second kappa shape index (κ2) is 5.00. The summed E-state index contributed by atoms with van der Waals surface area (Å²) in [5, 5.41) is 0. The molecule has 7 nitrogen and oxygen atoms in total. The molecule has 0 saturated heterocycles. The summed E-state index contributed by atoms with van der Waals surface area (Å²) in [5.74, 6) is 0.269. The first kappa shape index (κ1) is 11.6. The Labute approximate surface area is 103 Å². The molecule has 0 spiro atoms. The minimum Gasteiger partial charge on any atom is -0.444 e. The van der Waals surface area contributed by atoms with E-state index in [1.807, 2.05) is 18.2 Å². The van der Waals surface area contributed by atoms with E-state index < -0.39 is 0 Å². The number of hydrogen-bond acceptors (Lipinski definition) is 3. The van der Waals surface area contributed by atoms with Crippen molar-refractivity contribution < 1.29 is 4.42 Å². The first-order valence-corrected chi connectivity index (χ1v) is 5.09. The number of benzene rings is 1. The highest BCUT2D eigenvalue weighted by molar-refractivity contribution is 5.94. The molecule has 0 atom stereocenters. The first-order valence-electron chi connectivity index (χ1n) is 5.09. The van der Waals surface area contributed by atoms with E-state index >= 15 is 0 Å². The van der Waals surface area contributed by atoms with Crippen molar-refractivity contribution in [1.82, 2.24) is 4.98 Å². The van der Waals surface area contributed by atoms with Crippen molar-refractivity contribution in [3.05, 3.63) is 36.7 Å². The molecule has 7 heteroatoms. The van der Waals surface area contributed by atoms with Crippen LogP contribution >= 0.6 is 0 Å². The van der Waals surface area contributed by atoms with Crippen molar-refractivity contribution in [1.29, 1.82) is 0 Å². The van der Waals surface area contributed by atoms with Crippen LogP contribution in [0.3, 0.4) is 0 Å². The molecule has 2 rings (SSSR count). The maximum atomic E-state index is 5.58. The molecular formula is C11H12N6O. The second-order valence-electron chi connectivity index (χ2n) is 3.36. The van der Waals surface area contributed by atoms with Gasteiger partial charge in [0, 0.05) is 0 Å². The molecule has 0 aliphatic rings. The van der Waals surface area contributed by atoms with Crippen LogP contribution in [0.1, 0.15) is 0 Å². The number of oxazole rings is 1. The third kappa shape index (κ3) is 2.64. The van der Waals surface area contributed by atoms with Gasteiger partial charge in [0.15, 0.2) is 5.96 Å². The van der Waals surface area contributed by atoms with E-state index in [-0.39, 0.29) is 11.9 Å². The molecule has 1 heterocycles. The Bertz CT molecular complexity index is 583. The molecule has 18 heavy (non-hydrogen) atoms. The number of rotatable bonds is 2. The van der Waals surface area contributed by atoms with Crippen molar-refractivity contribution in [2.75, 3.05) is 0 Å². The van der Waals surface area contributed by atoms with E-state index in [2.05, 4.69) is 15.0 Å². The third-order valence-corrected chi connectivity index (χ3v) is 2.05. The van der Waals surface area contributed by atoms with Gasteiger partial charge in [-0.2, -0.15) is 4.99 Å². The zero-order valence-electron chi connectivity index (χ0n) is 9.45. The van der Waals surface area contributed by atoms with Crippen molar-refractivity contribution in [2.24, 2.45) is 27.2 Å². The molecule has 1 aromatic heterocycles. The van der Waals surface area contributed by atoms with Crippen LogP contribution in [-0.2, 0) is 0 Å². The van der Waals surface area contributed by atoms with Crippen LogP contribution in [0.15, 0.2) is 51.1 Å². The van der Waals surface area contributed by atoms with Crippen LogP contribution in [0.4, 0.5) is 5.69 Å². The zero-order chi connectivity index (χ0) is 13.0. The van der Waals surface area contributed by atoms with E-state index in [0.717, 1.165) is 0 Å². The lowest BCUT2D eigenvalue weighted by atomic mass is 10.2. The largest absolute Gasteiger partial charge is 0.444 e. The number of nitrogens with zero attached hydrogens (tertiary/aromatic N) is 3. The summed E-state index contributed by atoms with van der Waals surface area (Å²) in [6, 6.07) is 7.23. The highest BCUT2D eigenvalue weighted by Gasteiger charge is 2.07. The monoisotopic (exact) mass is 244 g/mol. The SMILES string of the molecule is NC(N)=NC(N)=Nc1ccccc1-c1ncco1. The molecule has 92 valence electrons. The zero-order valence-corrected chi connectivity index (χ0v) is 9.45. The first-order chi connectivity index (χ1) is 8.66. The Morgan fingerprint density at radius 3 is 2.61 bits per heavy atom. The van der Waals surface area contributed by atoms with Crippen molar-refractivity contribution in [2.45, 2.75) is 0 Å².